The fraction of sp³-hybridized carbons (Fsp3) is 0.200. The second-order valence-electron chi connectivity index (χ2n) is 3.37. The average molecular weight is 252 g/mol. The third-order valence-corrected chi connectivity index (χ3v) is 3.12. The van der Waals surface area contributed by atoms with Crippen molar-refractivity contribution in [3.8, 4) is 0 Å². The summed E-state index contributed by atoms with van der Waals surface area (Å²) in [5, 5.41) is 4.06. The summed E-state index contributed by atoms with van der Waals surface area (Å²) in [4.78, 5) is 12.4. The second kappa shape index (κ2) is 5.07. The van der Waals surface area contributed by atoms with Crippen LogP contribution in [0.5, 0.6) is 0 Å². The molecule has 17 heavy (non-hydrogen) atoms. The molecule has 2 rings (SSSR count). The summed E-state index contributed by atoms with van der Waals surface area (Å²) in [5.74, 6) is 5.89. The van der Waals surface area contributed by atoms with Crippen LogP contribution >= 0.6 is 11.8 Å². The quantitative estimate of drug-likeness (QED) is 0.365. The zero-order chi connectivity index (χ0) is 12.3. The van der Waals surface area contributed by atoms with Crippen LogP contribution in [0.2, 0.25) is 0 Å². The Hall–Kier alpha value is -1.73. The summed E-state index contributed by atoms with van der Waals surface area (Å²) in [6.45, 7) is 0. The number of nitrogens with two attached hydrogens (primary N) is 1. The molecule has 0 saturated carbocycles. The number of carbonyl (C=O) groups excluding carboxylic acids is 1. The molecule has 0 fully saturated rings. The maximum Gasteiger partial charge on any atom is 0.268 e. The standard InChI is InChI=1S/C10H12N4O2S/c1-14-5-7(4-12-14)17-6-9-8(2-3-16-9)10(15)13-11/h2-5H,6,11H2,1H3,(H,13,15). The van der Waals surface area contributed by atoms with Gasteiger partial charge in [0.2, 0.25) is 0 Å². The summed E-state index contributed by atoms with van der Waals surface area (Å²) < 4.78 is 6.97. The lowest BCUT2D eigenvalue weighted by Crippen LogP contribution is -2.30. The predicted molar refractivity (Wildman–Crippen MR) is 63.1 cm³/mol. The number of aryl methyl sites for hydroxylation is 1. The lowest BCUT2D eigenvalue weighted by Gasteiger charge is -2.00. The molecule has 2 aromatic heterocycles. The topological polar surface area (TPSA) is 86.1 Å². The van der Waals surface area contributed by atoms with Crippen molar-refractivity contribution in [3.05, 3.63) is 36.0 Å². The highest BCUT2D eigenvalue weighted by molar-refractivity contribution is 7.98. The van der Waals surface area contributed by atoms with E-state index in [-0.39, 0.29) is 5.91 Å². The lowest BCUT2D eigenvalue weighted by atomic mass is 10.2. The highest BCUT2D eigenvalue weighted by Crippen LogP contribution is 2.24. The van der Waals surface area contributed by atoms with E-state index in [4.69, 9.17) is 10.3 Å². The molecule has 0 spiro atoms. The molecule has 3 N–H and O–H groups in total. The second-order valence-corrected chi connectivity index (χ2v) is 4.42. The number of carbonyl (C=O) groups is 1. The SMILES string of the molecule is Cn1cc(SCc2occc2C(=O)NN)cn1. The van der Waals surface area contributed by atoms with E-state index in [2.05, 4.69) is 10.5 Å². The van der Waals surface area contributed by atoms with Crippen molar-refractivity contribution >= 4 is 17.7 Å². The van der Waals surface area contributed by atoms with Crippen molar-refractivity contribution < 1.29 is 9.21 Å². The molecule has 0 radical (unpaired) electrons. The zero-order valence-electron chi connectivity index (χ0n) is 9.21. The first-order valence-electron chi connectivity index (χ1n) is 4.89. The van der Waals surface area contributed by atoms with Crippen molar-refractivity contribution in [1.29, 1.82) is 0 Å². The van der Waals surface area contributed by atoms with Crippen LogP contribution in [-0.2, 0) is 12.8 Å². The Balaban J connectivity index is 2.04. The molecule has 0 atom stereocenters. The van der Waals surface area contributed by atoms with Gasteiger partial charge < -0.3 is 4.42 Å². The Morgan fingerprint density at radius 1 is 1.71 bits per heavy atom. The smallest absolute Gasteiger partial charge is 0.268 e. The number of amides is 1. The highest BCUT2D eigenvalue weighted by Gasteiger charge is 2.13. The van der Waals surface area contributed by atoms with Crippen molar-refractivity contribution in [2.75, 3.05) is 0 Å². The third-order valence-electron chi connectivity index (χ3n) is 2.17. The van der Waals surface area contributed by atoms with Gasteiger partial charge in [-0.2, -0.15) is 5.10 Å². The summed E-state index contributed by atoms with van der Waals surface area (Å²) in [6, 6.07) is 1.60. The van der Waals surface area contributed by atoms with Crippen molar-refractivity contribution in [3.63, 3.8) is 0 Å². The van der Waals surface area contributed by atoms with Crippen LogP contribution in [-0.4, -0.2) is 15.7 Å². The van der Waals surface area contributed by atoms with Gasteiger partial charge in [-0.1, -0.05) is 0 Å². The number of hydrazine groups is 1. The van der Waals surface area contributed by atoms with E-state index in [1.807, 2.05) is 13.2 Å². The third kappa shape index (κ3) is 2.69. The van der Waals surface area contributed by atoms with Gasteiger partial charge in [0.15, 0.2) is 0 Å². The zero-order valence-corrected chi connectivity index (χ0v) is 10.0. The number of thioether (sulfide) groups is 1. The van der Waals surface area contributed by atoms with E-state index in [9.17, 15) is 4.79 Å². The fourth-order valence-electron chi connectivity index (χ4n) is 1.35. The predicted octanol–water partition coefficient (Wildman–Crippen LogP) is 0.909. The molecule has 0 aromatic carbocycles. The number of nitrogens with one attached hydrogen (secondary N) is 1. The van der Waals surface area contributed by atoms with Crippen molar-refractivity contribution in [2.45, 2.75) is 10.6 Å². The first-order valence-corrected chi connectivity index (χ1v) is 5.88. The van der Waals surface area contributed by atoms with Gasteiger partial charge in [-0.25, -0.2) is 5.84 Å². The van der Waals surface area contributed by atoms with E-state index in [1.54, 1.807) is 28.7 Å². The highest BCUT2D eigenvalue weighted by atomic mass is 32.2. The summed E-state index contributed by atoms with van der Waals surface area (Å²) in [7, 11) is 1.85. The van der Waals surface area contributed by atoms with Crippen LogP contribution in [0.1, 0.15) is 16.1 Å². The van der Waals surface area contributed by atoms with Gasteiger partial charge in [0.25, 0.3) is 5.91 Å². The molecule has 0 bridgehead atoms. The monoisotopic (exact) mass is 252 g/mol. The van der Waals surface area contributed by atoms with Gasteiger partial charge in [0.05, 0.1) is 23.8 Å². The summed E-state index contributed by atoms with van der Waals surface area (Å²) >= 11 is 1.54. The number of nitrogen functional groups attached to an aromatic ring is 1. The molecule has 90 valence electrons. The molecule has 0 saturated heterocycles. The first-order chi connectivity index (χ1) is 8.20. The van der Waals surface area contributed by atoms with E-state index in [0.717, 1.165) is 4.90 Å². The van der Waals surface area contributed by atoms with Gasteiger partial charge in [0, 0.05) is 18.1 Å². The average Bonchev–Trinajstić information content (AvgIpc) is 2.94. The fourth-order valence-corrected chi connectivity index (χ4v) is 2.22. The molecule has 7 heteroatoms. The van der Waals surface area contributed by atoms with Gasteiger partial charge in [-0.05, 0) is 6.07 Å². The van der Waals surface area contributed by atoms with E-state index < -0.39 is 0 Å². The number of rotatable bonds is 4. The minimum Gasteiger partial charge on any atom is -0.468 e. The summed E-state index contributed by atoms with van der Waals surface area (Å²) in [6.07, 6.45) is 5.14. The molecular formula is C10H12N4O2S. The molecule has 0 unspecified atom stereocenters. The molecule has 0 aliphatic carbocycles. The van der Waals surface area contributed by atoms with Crippen LogP contribution in [0.3, 0.4) is 0 Å². The number of aromatic nitrogens is 2. The van der Waals surface area contributed by atoms with Crippen molar-refractivity contribution in [1.82, 2.24) is 15.2 Å². The normalized spacial score (nSPS) is 10.5. The van der Waals surface area contributed by atoms with Crippen molar-refractivity contribution in [2.24, 2.45) is 12.9 Å². The van der Waals surface area contributed by atoms with Gasteiger partial charge in [-0.15, -0.1) is 11.8 Å². The van der Waals surface area contributed by atoms with Crippen LogP contribution in [0.15, 0.2) is 34.0 Å². The van der Waals surface area contributed by atoms with Gasteiger partial charge in [0.1, 0.15) is 5.76 Å². The van der Waals surface area contributed by atoms with E-state index in [0.29, 0.717) is 17.1 Å². The first kappa shape index (κ1) is 11.7. The molecule has 0 aliphatic heterocycles. The van der Waals surface area contributed by atoms with Crippen LogP contribution in [0, 0.1) is 0 Å². The number of furan rings is 1. The van der Waals surface area contributed by atoms with Crippen LogP contribution in [0.4, 0.5) is 0 Å². The van der Waals surface area contributed by atoms with Crippen LogP contribution < -0.4 is 11.3 Å². The number of hydrogen-bond donors (Lipinski definition) is 2. The Morgan fingerprint density at radius 2 is 2.53 bits per heavy atom. The Labute approximate surface area is 102 Å². The maximum absolute atomic E-state index is 11.4. The Kier molecular flexibility index (Phi) is 3.50. The maximum atomic E-state index is 11.4. The molecule has 6 nitrogen and oxygen atoms in total. The molecule has 1 amide bonds. The van der Waals surface area contributed by atoms with E-state index >= 15 is 0 Å². The Bertz CT molecular complexity index is 520. The summed E-state index contributed by atoms with van der Waals surface area (Å²) in [5.41, 5.74) is 2.55. The minimum atomic E-state index is -0.347. The van der Waals surface area contributed by atoms with Gasteiger partial charge >= 0.3 is 0 Å². The number of nitrogens with zero attached hydrogens (tertiary/aromatic N) is 2. The lowest BCUT2D eigenvalue weighted by molar-refractivity contribution is 0.0952. The number of hydrogen-bond acceptors (Lipinski definition) is 5. The Morgan fingerprint density at radius 3 is 3.18 bits per heavy atom. The molecule has 2 aromatic rings. The van der Waals surface area contributed by atoms with Crippen LogP contribution in [0.25, 0.3) is 0 Å². The van der Waals surface area contributed by atoms with E-state index in [1.165, 1.54) is 6.26 Å². The largest absolute Gasteiger partial charge is 0.468 e. The molecular weight excluding hydrogens is 240 g/mol. The molecule has 2 heterocycles. The minimum absolute atomic E-state index is 0.347. The van der Waals surface area contributed by atoms with Gasteiger partial charge in [-0.3, -0.25) is 14.9 Å². The molecule has 0 aliphatic rings.